The number of hydrogen-bond donors (Lipinski definition) is 0. The Labute approximate surface area is 193 Å². The third-order valence-electron chi connectivity index (χ3n) is 5.28. The summed E-state index contributed by atoms with van der Waals surface area (Å²) in [4.78, 5) is 22.4. The van der Waals surface area contributed by atoms with Gasteiger partial charge in [0.2, 0.25) is 0 Å². The summed E-state index contributed by atoms with van der Waals surface area (Å²) >= 11 is 1.54. The van der Waals surface area contributed by atoms with Crippen molar-refractivity contribution in [3.63, 3.8) is 0 Å². The van der Waals surface area contributed by atoms with E-state index in [-0.39, 0.29) is 18.3 Å². The quantitative estimate of drug-likeness (QED) is 0.521. The summed E-state index contributed by atoms with van der Waals surface area (Å²) < 4.78 is 11.8. The average Bonchev–Trinajstić information content (AvgIpc) is 3.20. The van der Waals surface area contributed by atoms with E-state index in [0.29, 0.717) is 12.1 Å². The van der Waals surface area contributed by atoms with E-state index in [4.69, 9.17) is 14.5 Å². The number of ether oxygens (including phenoxy) is 2. The minimum Gasteiger partial charge on any atom is -0.497 e. The van der Waals surface area contributed by atoms with E-state index < -0.39 is 0 Å². The Hall–Kier alpha value is -2.19. The van der Waals surface area contributed by atoms with E-state index in [2.05, 4.69) is 4.90 Å². The van der Waals surface area contributed by atoms with Gasteiger partial charge in [-0.05, 0) is 37.6 Å². The van der Waals surface area contributed by atoms with Crippen molar-refractivity contribution >= 4 is 45.0 Å². The number of hydrogen-bond acceptors (Lipinski definition) is 6. The first-order valence-electron chi connectivity index (χ1n) is 10.3. The number of benzene rings is 2. The van der Waals surface area contributed by atoms with Gasteiger partial charge < -0.3 is 9.47 Å². The molecule has 1 saturated heterocycles. The van der Waals surface area contributed by atoms with E-state index in [0.717, 1.165) is 65.9 Å². The Balaban J connectivity index is 0.00000272. The summed E-state index contributed by atoms with van der Waals surface area (Å²) in [5, 5.41) is 0.728. The highest BCUT2D eigenvalue weighted by atomic mass is 35.5. The molecule has 0 aliphatic carbocycles. The van der Waals surface area contributed by atoms with Crippen molar-refractivity contribution in [3.05, 3.63) is 53.6 Å². The van der Waals surface area contributed by atoms with Crippen molar-refractivity contribution in [1.29, 1.82) is 0 Å². The van der Waals surface area contributed by atoms with Gasteiger partial charge in [0, 0.05) is 37.8 Å². The predicted octanol–water partition coefficient (Wildman–Crippen LogP) is 4.40. The van der Waals surface area contributed by atoms with E-state index in [1.807, 2.05) is 54.3 Å². The number of thiazole rings is 1. The molecule has 6 nitrogen and oxygen atoms in total. The van der Waals surface area contributed by atoms with Gasteiger partial charge in [-0.2, -0.15) is 0 Å². The Morgan fingerprint density at radius 3 is 2.77 bits per heavy atom. The van der Waals surface area contributed by atoms with E-state index in [9.17, 15) is 4.79 Å². The Kier molecular flexibility index (Phi) is 8.26. The fourth-order valence-corrected chi connectivity index (χ4v) is 4.60. The summed E-state index contributed by atoms with van der Waals surface area (Å²) in [7, 11) is 1.65. The number of methoxy groups -OCH3 is 1. The lowest BCUT2D eigenvalue weighted by Crippen LogP contribution is -2.39. The molecule has 0 saturated carbocycles. The molecule has 0 N–H and O–H groups in total. The number of morpholine rings is 1. The van der Waals surface area contributed by atoms with Gasteiger partial charge in [-0.25, -0.2) is 4.98 Å². The molecule has 0 atom stereocenters. The van der Waals surface area contributed by atoms with E-state index in [1.165, 1.54) is 0 Å². The number of carbonyl (C=O) groups excluding carboxylic acids is 1. The normalized spacial score (nSPS) is 14.3. The second kappa shape index (κ2) is 10.9. The first kappa shape index (κ1) is 23.5. The molecule has 0 radical (unpaired) electrons. The van der Waals surface area contributed by atoms with Crippen molar-refractivity contribution in [2.45, 2.75) is 13.3 Å². The highest BCUT2D eigenvalue weighted by Crippen LogP contribution is 2.32. The average molecular weight is 462 g/mol. The van der Waals surface area contributed by atoms with Gasteiger partial charge in [0.1, 0.15) is 5.75 Å². The standard InChI is InChI=1S/C23H27N3O3S.ClH/c1-17-5-3-6-18(15-17)22(27)26(10-4-9-25-11-13-29-14-12-25)23-24-20-16-19(28-2)7-8-21(20)30-23;/h3,5-8,15-16H,4,9-14H2,1-2H3;1H. The molecule has 0 unspecified atom stereocenters. The third-order valence-corrected chi connectivity index (χ3v) is 6.34. The number of halogens is 1. The van der Waals surface area contributed by atoms with Crippen molar-refractivity contribution < 1.29 is 14.3 Å². The molecular weight excluding hydrogens is 434 g/mol. The smallest absolute Gasteiger partial charge is 0.260 e. The maximum atomic E-state index is 13.4. The Morgan fingerprint density at radius 1 is 1.23 bits per heavy atom. The van der Waals surface area contributed by atoms with Crippen LogP contribution in [0.15, 0.2) is 42.5 Å². The molecule has 1 aliphatic rings. The second-order valence-corrected chi connectivity index (χ2v) is 8.47. The van der Waals surface area contributed by atoms with Crippen LogP contribution in [0.5, 0.6) is 5.75 Å². The number of fused-ring (bicyclic) bond motifs is 1. The first-order valence-corrected chi connectivity index (χ1v) is 11.1. The number of amides is 1. The zero-order valence-electron chi connectivity index (χ0n) is 17.9. The van der Waals surface area contributed by atoms with E-state index >= 15 is 0 Å². The molecule has 8 heteroatoms. The second-order valence-electron chi connectivity index (χ2n) is 7.46. The molecule has 1 aromatic heterocycles. The lowest BCUT2D eigenvalue weighted by Gasteiger charge is -2.27. The molecule has 1 fully saturated rings. The summed E-state index contributed by atoms with van der Waals surface area (Å²) in [5.74, 6) is 0.759. The van der Waals surface area contributed by atoms with Crippen molar-refractivity contribution in [3.8, 4) is 5.75 Å². The summed E-state index contributed by atoms with van der Waals surface area (Å²) in [6.07, 6.45) is 0.886. The molecule has 0 bridgehead atoms. The largest absolute Gasteiger partial charge is 0.497 e. The molecule has 4 rings (SSSR count). The van der Waals surface area contributed by atoms with Crippen molar-refractivity contribution in [2.75, 3.05) is 51.4 Å². The number of nitrogens with zero attached hydrogens (tertiary/aromatic N) is 3. The fourth-order valence-electron chi connectivity index (χ4n) is 3.63. The monoisotopic (exact) mass is 461 g/mol. The molecule has 1 aliphatic heterocycles. The van der Waals surface area contributed by atoms with Crippen molar-refractivity contribution in [1.82, 2.24) is 9.88 Å². The fraction of sp³-hybridized carbons (Fsp3) is 0.391. The van der Waals surface area contributed by atoms with Crippen LogP contribution < -0.4 is 9.64 Å². The predicted molar refractivity (Wildman–Crippen MR) is 128 cm³/mol. The molecule has 2 heterocycles. The van der Waals surface area contributed by atoms with Gasteiger partial charge in [-0.15, -0.1) is 12.4 Å². The van der Waals surface area contributed by atoms with Gasteiger partial charge in [-0.1, -0.05) is 29.0 Å². The summed E-state index contributed by atoms with van der Waals surface area (Å²) in [6, 6.07) is 13.6. The van der Waals surface area contributed by atoms with Crippen LogP contribution in [-0.2, 0) is 4.74 Å². The molecular formula is C23H28ClN3O3S. The van der Waals surface area contributed by atoms with Gasteiger partial charge in [-0.3, -0.25) is 14.6 Å². The van der Waals surface area contributed by atoms with Gasteiger partial charge in [0.25, 0.3) is 5.91 Å². The highest BCUT2D eigenvalue weighted by molar-refractivity contribution is 7.22. The molecule has 1 amide bonds. The lowest BCUT2D eigenvalue weighted by molar-refractivity contribution is 0.0376. The summed E-state index contributed by atoms with van der Waals surface area (Å²) in [6.45, 7) is 7.04. The number of carbonyl (C=O) groups is 1. The topological polar surface area (TPSA) is 54.9 Å². The van der Waals surface area contributed by atoms with Crippen LogP contribution in [-0.4, -0.2) is 62.3 Å². The van der Waals surface area contributed by atoms with Crippen LogP contribution in [0.25, 0.3) is 10.2 Å². The SMILES string of the molecule is COc1ccc2sc(N(CCCN3CCOCC3)C(=O)c3cccc(C)c3)nc2c1.Cl. The van der Waals surface area contributed by atoms with Crippen LogP contribution in [0, 0.1) is 6.92 Å². The molecule has 0 spiro atoms. The van der Waals surface area contributed by atoms with Crippen LogP contribution in [0.1, 0.15) is 22.3 Å². The number of anilines is 1. The maximum Gasteiger partial charge on any atom is 0.260 e. The van der Waals surface area contributed by atoms with Crippen LogP contribution in [0.2, 0.25) is 0 Å². The van der Waals surface area contributed by atoms with Crippen molar-refractivity contribution in [2.24, 2.45) is 0 Å². The van der Waals surface area contributed by atoms with Crippen LogP contribution in [0.3, 0.4) is 0 Å². The van der Waals surface area contributed by atoms with Crippen LogP contribution in [0.4, 0.5) is 5.13 Å². The Bertz CT molecular complexity index is 1020. The maximum absolute atomic E-state index is 13.4. The minimum absolute atomic E-state index is 0. The van der Waals surface area contributed by atoms with Crippen LogP contribution >= 0.6 is 23.7 Å². The Morgan fingerprint density at radius 2 is 2.03 bits per heavy atom. The zero-order chi connectivity index (χ0) is 20.9. The van der Waals surface area contributed by atoms with E-state index in [1.54, 1.807) is 18.4 Å². The molecule has 2 aromatic carbocycles. The number of rotatable bonds is 7. The number of aryl methyl sites for hydroxylation is 1. The minimum atomic E-state index is -0.00769. The molecule has 166 valence electrons. The summed E-state index contributed by atoms with van der Waals surface area (Å²) in [5.41, 5.74) is 2.62. The number of aromatic nitrogens is 1. The van der Waals surface area contributed by atoms with Gasteiger partial charge in [0.05, 0.1) is 30.5 Å². The highest BCUT2D eigenvalue weighted by Gasteiger charge is 2.22. The third kappa shape index (κ3) is 5.74. The lowest BCUT2D eigenvalue weighted by atomic mass is 10.1. The molecule has 31 heavy (non-hydrogen) atoms. The first-order chi connectivity index (χ1) is 14.6. The zero-order valence-corrected chi connectivity index (χ0v) is 19.5. The van der Waals surface area contributed by atoms with Gasteiger partial charge >= 0.3 is 0 Å². The van der Waals surface area contributed by atoms with Gasteiger partial charge in [0.15, 0.2) is 5.13 Å². The molecule has 3 aromatic rings.